The third kappa shape index (κ3) is 3.07. The maximum Gasteiger partial charge on any atom is 0.135 e. The molecule has 1 aromatic carbocycles. The van der Waals surface area contributed by atoms with E-state index in [0.29, 0.717) is 0 Å². The van der Waals surface area contributed by atoms with E-state index >= 15 is 0 Å². The minimum Gasteiger partial charge on any atom is -0.370 e. The van der Waals surface area contributed by atoms with E-state index in [1.165, 1.54) is 28.8 Å². The molecule has 0 saturated heterocycles. The van der Waals surface area contributed by atoms with E-state index in [2.05, 4.69) is 43.4 Å². The molecular weight excluding hydrogens is 258 g/mol. The van der Waals surface area contributed by atoms with Gasteiger partial charge < -0.3 is 5.32 Å². The number of benzene rings is 1. The zero-order chi connectivity index (χ0) is 14.7. The first-order valence-corrected chi connectivity index (χ1v) is 7.95. The largest absolute Gasteiger partial charge is 0.370 e. The fourth-order valence-electron chi connectivity index (χ4n) is 2.93. The molecule has 0 spiro atoms. The van der Waals surface area contributed by atoms with Gasteiger partial charge in [-0.3, -0.25) is 0 Å². The van der Waals surface area contributed by atoms with Gasteiger partial charge in [-0.25, -0.2) is 9.97 Å². The Morgan fingerprint density at radius 3 is 2.81 bits per heavy atom. The Balaban J connectivity index is 1.90. The SMILES string of the molecule is CCCNc1nc(Cc2ccccc2C)nc2c1CCC2. The molecule has 1 aliphatic rings. The van der Waals surface area contributed by atoms with Crippen LogP contribution in [-0.2, 0) is 19.3 Å². The standard InChI is InChI=1S/C18H23N3/c1-3-11-19-18-15-9-6-10-16(15)20-17(21-18)12-14-8-5-4-7-13(14)2/h4-5,7-8H,3,6,9-12H2,1-2H3,(H,19,20,21). The summed E-state index contributed by atoms with van der Waals surface area (Å²) >= 11 is 0. The quantitative estimate of drug-likeness (QED) is 0.908. The smallest absolute Gasteiger partial charge is 0.135 e. The van der Waals surface area contributed by atoms with Gasteiger partial charge in [-0.2, -0.15) is 0 Å². The Bertz CT molecular complexity index is 634. The van der Waals surface area contributed by atoms with E-state index in [1.807, 2.05) is 0 Å². The highest BCUT2D eigenvalue weighted by Gasteiger charge is 2.19. The first-order chi connectivity index (χ1) is 10.3. The normalized spacial score (nSPS) is 13.2. The van der Waals surface area contributed by atoms with Crippen LogP contribution < -0.4 is 5.32 Å². The van der Waals surface area contributed by atoms with Crippen molar-refractivity contribution in [2.45, 2.75) is 46.0 Å². The molecule has 0 radical (unpaired) electrons. The van der Waals surface area contributed by atoms with Crippen LogP contribution in [0.1, 0.15) is 48.0 Å². The van der Waals surface area contributed by atoms with E-state index in [1.54, 1.807) is 0 Å². The number of nitrogens with zero attached hydrogens (tertiary/aromatic N) is 2. The second kappa shape index (κ2) is 6.25. The zero-order valence-corrected chi connectivity index (χ0v) is 12.9. The number of hydrogen-bond donors (Lipinski definition) is 1. The summed E-state index contributed by atoms with van der Waals surface area (Å²) in [6.45, 7) is 5.31. The number of anilines is 1. The van der Waals surface area contributed by atoms with Crippen LogP contribution in [0.4, 0.5) is 5.82 Å². The van der Waals surface area contributed by atoms with Crippen molar-refractivity contribution in [1.29, 1.82) is 0 Å². The van der Waals surface area contributed by atoms with Crippen LogP contribution in [0.2, 0.25) is 0 Å². The van der Waals surface area contributed by atoms with Crippen LogP contribution >= 0.6 is 0 Å². The summed E-state index contributed by atoms with van der Waals surface area (Å²) in [6.07, 6.45) is 5.36. The van der Waals surface area contributed by atoms with E-state index in [4.69, 9.17) is 9.97 Å². The lowest BCUT2D eigenvalue weighted by Gasteiger charge is -2.12. The van der Waals surface area contributed by atoms with Crippen molar-refractivity contribution < 1.29 is 0 Å². The molecule has 1 heterocycles. The van der Waals surface area contributed by atoms with Crippen molar-refractivity contribution in [3.8, 4) is 0 Å². The number of rotatable bonds is 5. The molecule has 1 aromatic heterocycles. The summed E-state index contributed by atoms with van der Waals surface area (Å²) in [7, 11) is 0. The van der Waals surface area contributed by atoms with E-state index in [0.717, 1.165) is 43.9 Å². The summed E-state index contributed by atoms with van der Waals surface area (Å²) < 4.78 is 0. The molecule has 0 aliphatic heterocycles. The van der Waals surface area contributed by atoms with Crippen molar-refractivity contribution in [3.63, 3.8) is 0 Å². The highest BCUT2D eigenvalue weighted by molar-refractivity contribution is 5.49. The molecule has 0 amide bonds. The number of fused-ring (bicyclic) bond motifs is 1. The van der Waals surface area contributed by atoms with Gasteiger partial charge in [-0.15, -0.1) is 0 Å². The number of aromatic nitrogens is 2. The van der Waals surface area contributed by atoms with E-state index < -0.39 is 0 Å². The highest BCUT2D eigenvalue weighted by Crippen LogP contribution is 2.27. The molecule has 3 rings (SSSR count). The van der Waals surface area contributed by atoms with Crippen LogP contribution in [0.25, 0.3) is 0 Å². The fourth-order valence-corrected chi connectivity index (χ4v) is 2.93. The van der Waals surface area contributed by atoms with Gasteiger partial charge in [0.25, 0.3) is 0 Å². The minimum atomic E-state index is 0.820. The van der Waals surface area contributed by atoms with E-state index in [9.17, 15) is 0 Å². The van der Waals surface area contributed by atoms with Gasteiger partial charge in [0.05, 0.1) is 0 Å². The molecule has 0 atom stereocenters. The Labute approximate surface area is 126 Å². The molecule has 2 aromatic rings. The summed E-state index contributed by atoms with van der Waals surface area (Å²) in [5.74, 6) is 2.02. The molecule has 1 N–H and O–H groups in total. The van der Waals surface area contributed by atoms with Crippen molar-refractivity contribution in [1.82, 2.24) is 9.97 Å². The third-order valence-electron chi connectivity index (χ3n) is 4.13. The number of aryl methyl sites for hydroxylation is 2. The van der Waals surface area contributed by atoms with Crippen molar-refractivity contribution in [2.24, 2.45) is 0 Å². The van der Waals surface area contributed by atoms with Gasteiger partial charge in [0.1, 0.15) is 11.6 Å². The summed E-state index contributed by atoms with van der Waals surface area (Å²) in [4.78, 5) is 9.60. The number of hydrogen-bond acceptors (Lipinski definition) is 3. The maximum atomic E-state index is 4.81. The topological polar surface area (TPSA) is 37.8 Å². The monoisotopic (exact) mass is 281 g/mol. The Kier molecular flexibility index (Phi) is 4.18. The molecule has 3 heteroatoms. The molecule has 0 bridgehead atoms. The third-order valence-corrected chi connectivity index (χ3v) is 4.13. The van der Waals surface area contributed by atoms with Gasteiger partial charge in [-0.05, 0) is 43.7 Å². The van der Waals surface area contributed by atoms with Crippen LogP contribution in [0, 0.1) is 6.92 Å². The van der Waals surface area contributed by atoms with Crippen LogP contribution in [-0.4, -0.2) is 16.5 Å². The summed E-state index contributed by atoms with van der Waals surface area (Å²) in [5, 5.41) is 3.48. The van der Waals surface area contributed by atoms with Crippen LogP contribution in [0.3, 0.4) is 0 Å². The molecule has 3 nitrogen and oxygen atoms in total. The predicted octanol–water partition coefficient (Wildman–Crippen LogP) is 3.69. The molecule has 0 unspecified atom stereocenters. The lowest BCUT2D eigenvalue weighted by atomic mass is 10.1. The Morgan fingerprint density at radius 1 is 1.14 bits per heavy atom. The molecular formula is C18H23N3. The average Bonchev–Trinajstić information content (AvgIpc) is 2.95. The predicted molar refractivity (Wildman–Crippen MR) is 86.8 cm³/mol. The van der Waals surface area contributed by atoms with Gasteiger partial charge in [-0.1, -0.05) is 31.2 Å². The summed E-state index contributed by atoms with van der Waals surface area (Å²) in [5.41, 5.74) is 5.23. The molecule has 0 saturated carbocycles. The molecule has 110 valence electrons. The minimum absolute atomic E-state index is 0.820. The maximum absolute atomic E-state index is 4.81. The van der Waals surface area contributed by atoms with Crippen molar-refractivity contribution in [3.05, 3.63) is 52.5 Å². The second-order valence-corrected chi connectivity index (χ2v) is 5.80. The first kappa shape index (κ1) is 14.1. The second-order valence-electron chi connectivity index (χ2n) is 5.80. The number of nitrogens with one attached hydrogen (secondary N) is 1. The molecule has 21 heavy (non-hydrogen) atoms. The van der Waals surface area contributed by atoms with Gasteiger partial charge in [0.15, 0.2) is 0 Å². The highest BCUT2D eigenvalue weighted by atomic mass is 15.0. The van der Waals surface area contributed by atoms with Crippen molar-refractivity contribution in [2.75, 3.05) is 11.9 Å². The zero-order valence-electron chi connectivity index (χ0n) is 12.9. The van der Waals surface area contributed by atoms with Crippen molar-refractivity contribution >= 4 is 5.82 Å². The van der Waals surface area contributed by atoms with Gasteiger partial charge >= 0.3 is 0 Å². The van der Waals surface area contributed by atoms with E-state index in [-0.39, 0.29) is 0 Å². The van der Waals surface area contributed by atoms with Gasteiger partial charge in [0.2, 0.25) is 0 Å². The van der Waals surface area contributed by atoms with Crippen LogP contribution in [0.15, 0.2) is 24.3 Å². The molecule has 0 fully saturated rings. The van der Waals surface area contributed by atoms with Crippen LogP contribution in [0.5, 0.6) is 0 Å². The lowest BCUT2D eigenvalue weighted by molar-refractivity contribution is 0.882. The average molecular weight is 281 g/mol. The Hall–Kier alpha value is -1.90. The van der Waals surface area contributed by atoms with Gasteiger partial charge in [0, 0.05) is 24.2 Å². The molecule has 1 aliphatic carbocycles. The summed E-state index contributed by atoms with van der Waals surface area (Å²) in [6, 6.07) is 8.49. The first-order valence-electron chi connectivity index (χ1n) is 7.95. The Morgan fingerprint density at radius 2 is 2.00 bits per heavy atom. The fraction of sp³-hybridized carbons (Fsp3) is 0.444. The lowest BCUT2D eigenvalue weighted by Crippen LogP contribution is -2.10.